The molecule has 0 spiro atoms. The monoisotopic (exact) mass is 946 g/mol. The molecule has 4 amide bonds. The van der Waals surface area contributed by atoms with Crippen LogP contribution in [0.5, 0.6) is 0 Å². The molecular weight excluding hydrogens is 891 g/mol. The lowest BCUT2D eigenvalue weighted by Crippen LogP contribution is -2.53. The fourth-order valence-electron chi connectivity index (χ4n) is 10.9. The largest absolute Gasteiger partial charge is 0.453 e. The molecule has 18 heteroatoms. The molecule has 5 aliphatic rings. The predicted molar refractivity (Wildman–Crippen MR) is 249 cm³/mol. The lowest BCUT2D eigenvalue weighted by atomic mass is 9.90. The Balaban J connectivity index is 0.827. The molecule has 4 aliphatic heterocycles. The third kappa shape index (κ3) is 8.95. The lowest BCUT2D eigenvalue weighted by molar-refractivity contribution is -0.137. The number of alkyl carbamates (subject to hydrolysis) is 2. The highest BCUT2D eigenvalue weighted by molar-refractivity contribution is 5.88. The third-order valence-electron chi connectivity index (χ3n) is 14.7. The first-order valence-electron chi connectivity index (χ1n) is 23.9. The van der Waals surface area contributed by atoms with Crippen LogP contribution in [0.25, 0.3) is 44.8 Å². The molecule has 16 nitrogen and oxygen atoms in total. The first kappa shape index (κ1) is 46.1. The van der Waals surface area contributed by atoms with Crippen LogP contribution >= 0.6 is 0 Å². The molecule has 0 unspecified atom stereocenters. The van der Waals surface area contributed by atoms with Gasteiger partial charge in [-0.15, -0.1) is 0 Å². The molecule has 0 bridgehead atoms. The smallest absolute Gasteiger partial charge is 0.407 e. The highest BCUT2D eigenvalue weighted by Crippen LogP contribution is 2.53. The summed E-state index contributed by atoms with van der Waals surface area (Å²) in [6.45, 7) is 3.09. The van der Waals surface area contributed by atoms with Crippen molar-refractivity contribution in [2.24, 2.45) is 11.8 Å². The molecule has 4 atom stereocenters. The van der Waals surface area contributed by atoms with Gasteiger partial charge in [0.2, 0.25) is 11.8 Å². The SMILES string of the molecule is COC(=O)N[C@H](C(=O)N1CCC[C@H]1c1ncc(-c2ccc(-c3ccc4c(c3)C(F)(F)c3cc(-c5cnc([C@@H]6CCCN6C(=O)[C@@H](NC(=O)OC)C6CCOCC6)[nH]5)ccc3-4)cc2)[nH]1)C1CCOCC1. The van der Waals surface area contributed by atoms with E-state index in [4.69, 9.17) is 23.9 Å². The quantitative estimate of drug-likeness (QED) is 0.101. The minimum atomic E-state index is -3.28. The van der Waals surface area contributed by atoms with Crippen molar-refractivity contribution in [3.05, 3.63) is 95.8 Å². The van der Waals surface area contributed by atoms with Gasteiger partial charge in [0.1, 0.15) is 23.7 Å². The number of aromatic amines is 2. The molecule has 4 N–H and O–H groups in total. The second-order valence-corrected chi connectivity index (χ2v) is 18.5. The number of alkyl halides is 2. The van der Waals surface area contributed by atoms with Crippen LogP contribution < -0.4 is 10.6 Å². The van der Waals surface area contributed by atoms with Gasteiger partial charge >= 0.3 is 12.2 Å². The summed E-state index contributed by atoms with van der Waals surface area (Å²) in [6.07, 6.45) is 7.52. The molecule has 3 aromatic carbocycles. The summed E-state index contributed by atoms with van der Waals surface area (Å²) in [5.74, 6) is -2.62. The van der Waals surface area contributed by atoms with Crippen LogP contribution in [-0.4, -0.2) is 120 Å². The molecule has 6 heterocycles. The zero-order valence-electron chi connectivity index (χ0n) is 38.6. The fourth-order valence-corrected chi connectivity index (χ4v) is 10.9. The number of methoxy groups -OCH3 is 2. The van der Waals surface area contributed by atoms with Gasteiger partial charge in [0, 0.05) is 56.2 Å². The second kappa shape index (κ2) is 19.4. The maximum atomic E-state index is 16.6. The number of benzene rings is 3. The average Bonchev–Trinajstić information content (AvgIpc) is 4.26. The van der Waals surface area contributed by atoms with Gasteiger partial charge in [0.15, 0.2) is 0 Å². The normalized spacial score (nSPS) is 21.0. The second-order valence-electron chi connectivity index (χ2n) is 18.5. The van der Waals surface area contributed by atoms with E-state index in [9.17, 15) is 19.2 Å². The highest BCUT2D eigenvalue weighted by Gasteiger charge is 2.46. The van der Waals surface area contributed by atoms with E-state index in [-0.39, 0.29) is 46.9 Å². The molecule has 5 aromatic rings. The standard InChI is InChI=1S/C51H56F2N8O8/c1-66-49(64)58-43(31-15-21-68-22-16-31)47(62)60-19-3-5-41(60)45-54-27-39(56-45)30-9-7-29(8-10-30)33-11-13-35-36-14-12-34(26-38(36)51(52,53)37(35)25-33)40-28-55-46(57-40)42-6-4-20-61(42)48(63)44(59-50(65)67-2)32-17-23-69-24-18-32/h7-14,25-28,31-32,41-44H,3-6,15-24H2,1-2H3,(H,54,56)(H,55,57)(H,58,64)(H,59,65)/t41-,42-,43-,44-/m0/s1. The van der Waals surface area contributed by atoms with Gasteiger partial charge in [-0.2, -0.15) is 8.78 Å². The van der Waals surface area contributed by atoms with Gasteiger partial charge < -0.3 is 49.3 Å². The van der Waals surface area contributed by atoms with Crippen molar-refractivity contribution in [3.63, 3.8) is 0 Å². The molecule has 1 aliphatic carbocycles. The zero-order valence-corrected chi connectivity index (χ0v) is 38.6. The number of likely N-dealkylation sites (tertiary alicyclic amines) is 2. The van der Waals surface area contributed by atoms with Crippen LogP contribution in [0.1, 0.15) is 86.2 Å². The number of amides is 4. The van der Waals surface area contributed by atoms with Gasteiger partial charge in [-0.3, -0.25) is 9.59 Å². The summed E-state index contributed by atoms with van der Waals surface area (Å²) >= 11 is 0. The minimum Gasteiger partial charge on any atom is -0.453 e. The molecule has 0 radical (unpaired) electrons. The maximum Gasteiger partial charge on any atom is 0.407 e. The molecule has 4 saturated heterocycles. The molecule has 10 rings (SSSR count). The van der Waals surface area contributed by atoms with Crippen molar-refractivity contribution in [1.29, 1.82) is 0 Å². The van der Waals surface area contributed by atoms with Gasteiger partial charge in [-0.05, 0) is 103 Å². The fraction of sp³-hybridized carbons (Fsp3) is 0.451. The van der Waals surface area contributed by atoms with Crippen LogP contribution in [0.15, 0.2) is 73.1 Å². The maximum absolute atomic E-state index is 16.6. The van der Waals surface area contributed by atoms with E-state index in [0.29, 0.717) is 111 Å². The molecule has 0 saturated carbocycles. The topological polar surface area (TPSA) is 193 Å². The van der Waals surface area contributed by atoms with Crippen molar-refractivity contribution >= 4 is 24.0 Å². The van der Waals surface area contributed by atoms with Crippen molar-refractivity contribution in [2.45, 2.75) is 81.5 Å². The third-order valence-corrected chi connectivity index (χ3v) is 14.7. The van der Waals surface area contributed by atoms with Crippen LogP contribution in [-0.2, 0) is 34.5 Å². The van der Waals surface area contributed by atoms with Crippen molar-refractivity contribution < 1.29 is 46.9 Å². The Morgan fingerprint density at radius 3 is 1.52 bits per heavy atom. The molecule has 4 fully saturated rings. The van der Waals surface area contributed by atoms with E-state index in [0.717, 1.165) is 36.1 Å². The number of imidazole rings is 2. The summed E-state index contributed by atoms with van der Waals surface area (Å²) in [4.78, 5) is 72.4. The number of nitrogens with one attached hydrogen (secondary N) is 4. The van der Waals surface area contributed by atoms with Crippen LogP contribution in [0, 0.1) is 11.8 Å². The molecular formula is C51H56F2N8O8. The number of hydrogen-bond donors (Lipinski definition) is 4. The van der Waals surface area contributed by atoms with Gasteiger partial charge in [0.25, 0.3) is 5.92 Å². The Morgan fingerprint density at radius 2 is 1.04 bits per heavy atom. The zero-order chi connectivity index (χ0) is 47.8. The Hall–Kier alpha value is -6.66. The summed E-state index contributed by atoms with van der Waals surface area (Å²) in [5.41, 5.74) is 4.87. The number of carbonyl (C=O) groups is 4. The number of H-pyrrole nitrogens is 2. The number of rotatable bonds is 11. The van der Waals surface area contributed by atoms with Crippen molar-refractivity contribution in [2.75, 3.05) is 53.7 Å². The Labute approximate surface area is 397 Å². The number of hydrogen-bond acceptors (Lipinski definition) is 10. The van der Waals surface area contributed by atoms with Crippen molar-refractivity contribution in [1.82, 2.24) is 40.4 Å². The summed E-state index contributed by atoms with van der Waals surface area (Å²) in [6, 6.07) is 15.7. The Morgan fingerprint density at radius 1 is 0.623 bits per heavy atom. The van der Waals surface area contributed by atoms with Gasteiger partial charge in [-0.25, -0.2) is 19.6 Å². The van der Waals surface area contributed by atoms with Gasteiger partial charge in [-0.1, -0.05) is 48.5 Å². The first-order valence-corrected chi connectivity index (χ1v) is 23.9. The Bertz CT molecular complexity index is 2710. The van der Waals surface area contributed by atoms with E-state index in [1.807, 2.05) is 36.4 Å². The molecule has 2 aromatic heterocycles. The number of aromatic nitrogens is 4. The van der Waals surface area contributed by atoms with E-state index in [2.05, 4.69) is 25.6 Å². The van der Waals surface area contributed by atoms with Gasteiger partial charge in [0.05, 0.1) is 50.1 Å². The van der Waals surface area contributed by atoms with E-state index in [1.165, 1.54) is 20.3 Å². The summed E-state index contributed by atoms with van der Waals surface area (Å²) < 4.78 is 53.9. The number of ether oxygens (including phenoxy) is 4. The van der Waals surface area contributed by atoms with Crippen LogP contribution in [0.2, 0.25) is 0 Å². The van der Waals surface area contributed by atoms with E-state index in [1.54, 1.807) is 40.4 Å². The minimum absolute atomic E-state index is 0.0719. The van der Waals surface area contributed by atoms with E-state index < -0.39 is 30.2 Å². The Kier molecular flexibility index (Phi) is 12.9. The van der Waals surface area contributed by atoms with Crippen molar-refractivity contribution in [3.8, 4) is 44.8 Å². The molecule has 69 heavy (non-hydrogen) atoms. The van der Waals surface area contributed by atoms with Crippen LogP contribution in [0.3, 0.4) is 0 Å². The lowest BCUT2D eigenvalue weighted by Gasteiger charge is -2.34. The number of fused-ring (bicyclic) bond motifs is 3. The average molecular weight is 947 g/mol. The number of carbonyl (C=O) groups excluding carboxylic acids is 4. The summed E-state index contributed by atoms with van der Waals surface area (Å²) in [7, 11) is 2.55. The number of halogens is 2. The summed E-state index contributed by atoms with van der Waals surface area (Å²) in [5, 5.41) is 5.56. The van der Waals surface area contributed by atoms with E-state index >= 15 is 8.78 Å². The molecule has 362 valence electrons. The first-order chi connectivity index (χ1) is 33.5. The van der Waals surface area contributed by atoms with Crippen LogP contribution in [0.4, 0.5) is 18.4 Å². The predicted octanol–water partition coefficient (Wildman–Crippen LogP) is 7.88. The highest BCUT2D eigenvalue weighted by atomic mass is 19.3. The number of nitrogens with zero attached hydrogens (tertiary/aromatic N) is 4.